The van der Waals surface area contributed by atoms with E-state index in [9.17, 15) is 20.1 Å². The first-order valence-corrected chi connectivity index (χ1v) is 30.6. The number of carbonyl (C=O) groups is 2. The second kappa shape index (κ2) is 22.4. The molecule has 0 bridgehead atoms. The fraction of sp³-hybridized carbons (Fsp3) is 0.370. The predicted octanol–water partition coefficient (Wildman–Crippen LogP) is 13.3. The first kappa shape index (κ1) is 55.9. The molecule has 3 aromatic heterocycles. The summed E-state index contributed by atoms with van der Waals surface area (Å²) in [7, 11) is -4.33. The molecule has 4 aromatic carbocycles. The lowest BCUT2D eigenvalue weighted by Gasteiger charge is -2.40. The molecule has 0 spiro atoms. The van der Waals surface area contributed by atoms with Crippen LogP contribution in [0.15, 0.2) is 89.6 Å². The maximum Gasteiger partial charge on any atom is 0.269 e. The van der Waals surface area contributed by atoms with Crippen molar-refractivity contribution in [3.05, 3.63) is 129 Å². The summed E-state index contributed by atoms with van der Waals surface area (Å²) in [6.45, 7) is 29.2. The number of amides is 2. The van der Waals surface area contributed by atoms with Crippen molar-refractivity contribution in [2.45, 2.75) is 130 Å². The number of anilines is 2. The Morgan fingerprint density at radius 3 is 1.73 bits per heavy atom. The molecule has 0 saturated carbocycles. The first-order valence-electron chi connectivity index (χ1n) is 24.0. The summed E-state index contributed by atoms with van der Waals surface area (Å²) in [5, 5.41) is 36.8. The molecule has 384 valence electrons. The molecule has 73 heavy (non-hydrogen) atoms. The van der Waals surface area contributed by atoms with Crippen LogP contribution < -0.4 is 21.5 Å². The molecule has 0 aliphatic heterocycles. The van der Waals surface area contributed by atoms with Crippen LogP contribution in [0.4, 0.5) is 11.4 Å². The molecule has 3 heterocycles. The maximum absolute atomic E-state index is 13.4. The number of hydrogen-bond acceptors (Lipinski definition) is 11. The smallest absolute Gasteiger partial charge is 0.269 e. The van der Waals surface area contributed by atoms with E-state index in [-0.39, 0.29) is 16.2 Å². The van der Waals surface area contributed by atoms with Gasteiger partial charge in [0.25, 0.3) is 11.8 Å². The quantitative estimate of drug-likeness (QED) is 0.0444. The van der Waals surface area contributed by atoms with E-state index in [0.717, 1.165) is 38.6 Å². The molecule has 0 aliphatic carbocycles. The molecular weight excluding hydrogens is 996 g/mol. The van der Waals surface area contributed by atoms with Crippen LogP contribution in [-0.2, 0) is 13.6 Å². The van der Waals surface area contributed by atoms with E-state index in [1.165, 1.54) is 0 Å². The summed E-state index contributed by atoms with van der Waals surface area (Å²) < 4.78 is 19.5. The molecule has 0 radical (unpaired) electrons. The minimum atomic E-state index is -2.23. The summed E-state index contributed by atoms with van der Waals surface area (Å²) in [5.41, 5.74) is 11.9. The molecule has 0 saturated heterocycles. The van der Waals surface area contributed by atoms with Gasteiger partial charge in [-0.15, -0.1) is 10.2 Å². The highest BCUT2D eigenvalue weighted by atomic mass is 35.5. The van der Waals surface area contributed by atoms with Gasteiger partial charge in [0.2, 0.25) is 11.8 Å². The van der Waals surface area contributed by atoms with Crippen molar-refractivity contribution in [1.29, 1.82) is 10.5 Å². The van der Waals surface area contributed by atoms with Crippen LogP contribution >= 0.6 is 23.2 Å². The fourth-order valence-electron chi connectivity index (χ4n) is 7.51. The van der Waals surface area contributed by atoms with Gasteiger partial charge in [0.05, 0.1) is 33.4 Å². The van der Waals surface area contributed by atoms with Gasteiger partial charge < -0.3 is 33.9 Å². The van der Waals surface area contributed by atoms with Gasteiger partial charge in [-0.05, 0) is 148 Å². The third-order valence-corrected chi connectivity index (χ3v) is 24.2. The summed E-state index contributed by atoms with van der Waals surface area (Å²) in [5.74, 6) is -0.0489. The van der Waals surface area contributed by atoms with Crippen LogP contribution in [0.1, 0.15) is 99.9 Å². The minimum absolute atomic E-state index is 0.0332. The number of nitrogens with zero attached hydrogens (tertiary/aromatic N) is 4. The van der Waals surface area contributed by atoms with Crippen LogP contribution in [0, 0.1) is 36.5 Å². The topological polar surface area (TPSA) is 219 Å². The van der Waals surface area contributed by atoms with Crippen LogP contribution in [0.3, 0.4) is 0 Å². The van der Waals surface area contributed by atoms with E-state index >= 15 is 0 Å². The minimum Gasteiger partial charge on any atom is -0.418 e. The van der Waals surface area contributed by atoms with E-state index < -0.39 is 46.6 Å². The molecule has 7 aromatic rings. The average Bonchev–Trinajstić information content (AvgIpc) is 4.12. The number of carbonyl (C=O) groups excluding carboxylic acids is 2. The number of nitriles is 2. The molecule has 2 amide bonds. The zero-order valence-corrected chi connectivity index (χ0v) is 47.5. The molecule has 19 heteroatoms. The van der Waals surface area contributed by atoms with Crippen LogP contribution in [0.2, 0.25) is 46.3 Å². The van der Waals surface area contributed by atoms with E-state index in [1.807, 2.05) is 69.4 Å². The van der Waals surface area contributed by atoms with Crippen molar-refractivity contribution < 1.29 is 22.9 Å². The highest BCUT2D eigenvalue weighted by Crippen LogP contribution is 2.41. The Morgan fingerprint density at radius 2 is 1.19 bits per heavy atom. The number of rotatable bonds is 14. The largest absolute Gasteiger partial charge is 0.418 e. The normalized spacial score (nSPS) is 13.7. The zero-order valence-electron chi connectivity index (χ0n) is 44.0. The van der Waals surface area contributed by atoms with E-state index in [4.69, 9.17) is 36.5 Å². The number of aromatic nitrogens is 4. The van der Waals surface area contributed by atoms with Crippen molar-refractivity contribution in [2.24, 2.45) is 0 Å². The van der Waals surface area contributed by atoms with Gasteiger partial charge in [0.15, 0.2) is 16.6 Å². The van der Waals surface area contributed by atoms with Crippen LogP contribution in [0.5, 0.6) is 0 Å². The van der Waals surface area contributed by atoms with Gasteiger partial charge in [0, 0.05) is 56.7 Å². The standard InChI is InChI=1S/C27H34ClN5O3Si.C27H32ClN5O2Si/c1-16-21(10-9-20(15-29)23(16)28)31-24(17(2)36-37(6,7)27(3,4)5)26(35)33-32-25(34)19-8-11-22-18(14-19)12-13-30-22;1-16-21(10-9-20(15-29)23(16)28)31-24(17(2)35-36(6,7)27(3,4)5)26-33-32-25(34-26)19-8-11-22-18(14-19)12-13-30-22/h8-14,17,24,30-31H,1-7H3,(H,32,34)(H,33,35);8-14,17,24,30-31H,1-7H3/t2*17-,24+/m00/s1. The van der Waals surface area contributed by atoms with Gasteiger partial charge in [0.1, 0.15) is 24.2 Å². The molecule has 0 aliphatic rings. The average molecular weight is 1060 g/mol. The van der Waals surface area contributed by atoms with Crippen LogP contribution in [0.25, 0.3) is 33.3 Å². The van der Waals surface area contributed by atoms with Gasteiger partial charge in [-0.2, -0.15) is 10.5 Å². The lowest BCUT2D eigenvalue weighted by Crippen LogP contribution is -2.55. The summed E-state index contributed by atoms with van der Waals surface area (Å²) in [6.07, 6.45) is 2.88. The molecule has 0 unspecified atom stereocenters. The summed E-state index contributed by atoms with van der Waals surface area (Å²) in [4.78, 5) is 32.5. The number of H-pyrrole nitrogens is 2. The van der Waals surface area contributed by atoms with E-state index in [1.54, 1.807) is 43.5 Å². The Morgan fingerprint density at radius 1 is 0.685 bits per heavy atom. The fourth-order valence-corrected chi connectivity index (χ4v) is 10.8. The van der Waals surface area contributed by atoms with Crippen LogP contribution in [-0.4, -0.2) is 66.9 Å². The molecule has 6 N–H and O–H groups in total. The number of nitrogens with one attached hydrogen (secondary N) is 6. The monoisotopic (exact) mass is 1060 g/mol. The van der Waals surface area contributed by atoms with Gasteiger partial charge in [-0.1, -0.05) is 64.7 Å². The Kier molecular flexibility index (Phi) is 17.1. The number of halogens is 2. The number of hydrogen-bond donors (Lipinski definition) is 6. The second-order valence-corrected chi connectivity index (χ2v) is 31.6. The van der Waals surface area contributed by atoms with Crippen molar-refractivity contribution >= 4 is 84.8 Å². The Bertz CT molecular complexity index is 3210. The molecule has 0 fully saturated rings. The van der Waals surface area contributed by atoms with Crippen molar-refractivity contribution in [2.75, 3.05) is 10.6 Å². The molecule has 7 rings (SSSR count). The third kappa shape index (κ3) is 12.8. The number of hydrazine groups is 1. The lowest BCUT2D eigenvalue weighted by molar-refractivity contribution is -0.124. The van der Waals surface area contributed by atoms with E-state index in [0.29, 0.717) is 49.8 Å². The highest BCUT2D eigenvalue weighted by molar-refractivity contribution is 6.74. The number of fused-ring (bicyclic) bond motifs is 2. The molecule has 4 atom stereocenters. The van der Waals surface area contributed by atoms with Gasteiger partial charge in [-0.25, -0.2) is 0 Å². The summed E-state index contributed by atoms with van der Waals surface area (Å²) in [6, 6.07) is 24.9. The van der Waals surface area contributed by atoms with Gasteiger partial charge >= 0.3 is 0 Å². The molecular formula is C54H66Cl2N10O5Si2. The van der Waals surface area contributed by atoms with Crippen molar-refractivity contribution in [3.8, 4) is 23.6 Å². The number of aromatic amines is 2. The third-order valence-electron chi connectivity index (χ3n) is 14.1. The Labute approximate surface area is 440 Å². The first-order chi connectivity index (χ1) is 34.2. The Hall–Kier alpha value is -6.45. The van der Waals surface area contributed by atoms with Crippen molar-refractivity contribution in [1.82, 2.24) is 31.0 Å². The summed E-state index contributed by atoms with van der Waals surface area (Å²) >= 11 is 12.8. The highest BCUT2D eigenvalue weighted by Gasteiger charge is 2.42. The SMILES string of the molecule is Cc1c(N[C@@H](C(=O)NNC(=O)c2ccc3[nH]ccc3c2)[C@H](C)O[Si](C)(C)C(C)(C)C)ccc(C#N)c1Cl.Cc1c(N[C@@H](c2nnc(-c3ccc4[nH]ccc4c3)o2)[C@H](C)O[Si](C)(C)C(C)(C)C)ccc(C#N)c1Cl. The Balaban J connectivity index is 0.000000238. The van der Waals surface area contributed by atoms with E-state index in [2.05, 4.69) is 122 Å². The molecule has 15 nitrogen and oxygen atoms in total. The predicted molar refractivity (Wildman–Crippen MR) is 297 cm³/mol. The second-order valence-electron chi connectivity index (χ2n) is 21.3. The number of benzene rings is 4. The van der Waals surface area contributed by atoms with Gasteiger partial charge in [-0.3, -0.25) is 20.4 Å². The van der Waals surface area contributed by atoms with Crippen molar-refractivity contribution in [3.63, 3.8) is 0 Å². The lowest BCUT2D eigenvalue weighted by atomic mass is 10.1. The maximum atomic E-state index is 13.4. The zero-order chi connectivity index (χ0) is 53.8.